The fourth-order valence-electron chi connectivity index (χ4n) is 5.40. The summed E-state index contributed by atoms with van der Waals surface area (Å²) in [6, 6.07) is 18.5. The molecule has 1 heterocycles. The second-order valence-corrected chi connectivity index (χ2v) is 10.1. The molecule has 0 radical (unpaired) electrons. The molecule has 1 aliphatic rings. The Kier molecular flexibility index (Phi) is 9.10. The van der Waals surface area contributed by atoms with Gasteiger partial charge < -0.3 is 14.9 Å². The summed E-state index contributed by atoms with van der Waals surface area (Å²) in [6.45, 7) is 9.09. The molecule has 0 amide bonds. The number of likely N-dealkylation sites (tertiary alicyclic amines) is 1. The highest BCUT2D eigenvalue weighted by atomic mass is 19.1. The first-order valence-corrected chi connectivity index (χ1v) is 13.1. The van der Waals surface area contributed by atoms with Crippen LogP contribution in [0.3, 0.4) is 0 Å². The van der Waals surface area contributed by atoms with Crippen LogP contribution >= 0.6 is 0 Å². The van der Waals surface area contributed by atoms with E-state index >= 15 is 0 Å². The van der Waals surface area contributed by atoms with Crippen molar-refractivity contribution >= 4 is 12.0 Å². The van der Waals surface area contributed by atoms with Crippen LogP contribution in [0.2, 0.25) is 0 Å². The average molecular weight is 518 g/mol. The number of carboxylic acids is 1. The van der Waals surface area contributed by atoms with E-state index in [0.717, 1.165) is 53.6 Å². The number of hydrogen-bond donors (Lipinski definition) is 2. The Morgan fingerprint density at radius 1 is 1.21 bits per heavy atom. The van der Waals surface area contributed by atoms with Crippen molar-refractivity contribution in [3.8, 4) is 11.1 Å². The fraction of sp³-hybridized carbons (Fsp3) is 0.344. The van der Waals surface area contributed by atoms with Crippen molar-refractivity contribution in [1.82, 2.24) is 4.90 Å². The van der Waals surface area contributed by atoms with E-state index in [1.54, 1.807) is 25.1 Å². The van der Waals surface area contributed by atoms with E-state index < -0.39 is 12.1 Å². The number of carboxylic acid groups (broad SMARTS) is 1. The van der Waals surface area contributed by atoms with Crippen molar-refractivity contribution in [3.63, 3.8) is 0 Å². The number of aromatic carboxylic acids is 1. The highest BCUT2D eigenvalue weighted by molar-refractivity contribution is 5.90. The molecule has 0 aliphatic carbocycles. The van der Waals surface area contributed by atoms with Gasteiger partial charge in [0.1, 0.15) is 5.82 Å². The second kappa shape index (κ2) is 12.5. The Morgan fingerprint density at radius 2 is 2.00 bits per heavy atom. The van der Waals surface area contributed by atoms with Gasteiger partial charge in [-0.15, -0.1) is 0 Å². The van der Waals surface area contributed by atoms with Gasteiger partial charge in [0, 0.05) is 12.6 Å². The first-order chi connectivity index (χ1) is 18.2. The number of aliphatic hydroxyl groups excluding tert-OH is 1. The minimum absolute atomic E-state index is 0.191. The van der Waals surface area contributed by atoms with Gasteiger partial charge in [0.05, 0.1) is 24.4 Å². The van der Waals surface area contributed by atoms with Crippen molar-refractivity contribution in [2.75, 3.05) is 19.7 Å². The van der Waals surface area contributed by atoms with E-state index in [1.807, 2.05) is 49.4 Å². The van der Waals surface area contributed by atoms with Crippen LogP contribution in [0.1, 0.15) is 58.5 Å². The predicted molar refractivity (Wildman–Crippen MR) is 149 cm³/mol. The molecule has 1 fully saturated rings. The maximum absolute atomic E-state index is 14.0. The van der Waals surface area contributed by atoms with E-state index in [9.17, 15) is 19.4 Å². The zero-order chi connectivity index (χ0) is 27.2. The molecule has 0 saturated carbocycles. The lowest BCUT2D eigenvalue weighted by Gasteiger charge is -2.28. The van der Waals surface area contributed by atoms with E-state index in [1.165, 1.54) is 6.07 Å². The molecule has 5 nitrogen and oxygen atoms in total. The summed E-state index contributed by atoms with van der Waals surface area (Å²) in [4.78, 5) is 13.7. The van der Waals surface area contributed by atoms with Crippen molar-refractivity contribution in [3.05, 3.63) is 101 Å². The number of halogens is 1. The molecule has 2 N–H and O–H groups in total. The van der Waals surface area contributed by atoms with Gasteiger partial charge in [0.15, 0.2) is 0 Å². The molecule has 200 valence electrons. The lowest BCUT2D eigenvalue weighted by molar-refractivity contribution is -0.0169. The maximum Gasteiger partial charge on any atom is 0.335 e. The van der Waals surface area contributed by atoms with E-state index in [2.05, 4.69) is 11.5 Å². The summed E-state index contributed by atoms with van der Waals surface area (Å²) in [7, 11) is 0. The molecular weight excluding hydrogens is 481 g/mol. The fourth-order valence-corrected chi connectivity index (χ4v) is 5.40. The van der Waals surface area contributed by atoms with Crippen LogP contribution in [0.4, 0.5) is 4.39 Å². The minimum atomic E-state index is -0.939. The summed E-state index contributed by atoms with van der Waals surface area (Å²) in [5.74, 6) is -1.19. The molecule has 1 unspecified atom stereocenters. The van der Waals surface area contributed by atoms with E-state index in [-0.39, 0.29) is 30.1 Å². The average Bonchev–Trinajstić information content (AvgIpc) is 3.32. The number of β-amino-alcohol motifs (C(OH)–C–C–N with tert-alkyl or cyclic N) is 1. The normalized spacial score (nSPS) is 17.3. The Bertz CT molecular complexity index is 1290. The van der Waals surface area contributed by atoms with Crippen molar-refractivity contribution in [2.24, 2.45) is 0 Å². The minimum Gasteiger partial charge on any atom is -0.478 e. The monoisotopic (exact) mass is 517 g/mol. The molecule has 4 rings (SSSR count). The number of aliphatic hydroxyl groups is 1. The van der Waals surface area contributed by atoms with Crippen LogP contribution in [0.15, 0.2) is 67.2 Å². The summed E-state index contributed by atoms with van der Waals surface area (Å²) < 4.78 is 20.1. The molecule has 38 heavy (non-hydrogen) atoms. The first-order valence-electron chi connectivity index (χ1n) is 13.1. The molecular formula is C32H36FNO4. The highest BCUT2D eigenvalue weighted by Crippen LogP contribution is 2.31. The van der Waals surface area contributed by atoms with Gasteiger partial charge in [-0.2, -0.15) is 0 Å². The van der Waals surface area contributed by atoms with Gasteiger partial charge in [0.2, 0.25) is 0 Å². The number of nitrogens with zero attached hydrogens (tertiary/aromatic N) is 1. The zero-order valence-corrected chi connectivity index (χ0v) is 22.1. The Hall–Kier alpha value is -3.32. The van der Waals surface area contributed by atoms with Crippen molar-refractivity contribution in [1.29, 1.82) is 0 Å². The van der Waals surface area contributed by atoms with Gasteiger partial charge in [-0.05, 0) is 91.2 Å². The van der Waals surface area contributed by atoms with Gasteiger partial charge in [-0.25, -0.2) is 9.18 Å². The molecule has 3 atom stereocenters. The molecule has 0 spiro atoms. The third-order valence-corrected chi connectivity index (χ3v) is 7.34. The number of aryl methyl sites for hydroxylation is 1. The van der Waals surface area contributed by atoms with Crippen LogP contribution in [0.25, 0.3) is 17.2 Å². The van der Waals surface area contributed by atoms with Gasteiger partial charge in [0.25, 0.3) is 0 Å². The topological polar surface area (TPSA) is 70.0 Å². The lowest BCUT2D eigenvalue weighted by atomic mass is 9.94. The summed E-state index contributed by atoms with van der Waals surface area (Å²) in [5, 5.41) is 20.2. The standard InChI is InChI=1S/C32H36FNO4/c1-4-23-15-24(17-26(33)16-23)18-27-8-7-13-34(27)19-28(35)20-38-22(3)30-9-5-6-10-31(30)25-11-12-29(32(36)37)21(2)14-25/h4-6,9-12,14-17,22,27-28,35H,1,7-8,13,18-20H2,2-3H3,(H,36,37)/t22-,27+,28?/m1/s1. The van der Waals surface area contributed by atoms with E-state index in [0.29, 0.717) is 12.1 Å². The Labute approximate surface area is 224 Å². The van der Waals surface area contributed by atoms with Crippen LogP contribution < -0.4 is 0 Å². The molecule has 0 bridgehead atoms. The molecule has 0 aromatic heterocycles. The summed E-state index contributed by atoms with van der Waals surface area (Å²) in [6.07, 6.45) is 3.53. The second-order valence-electron chi connectivity index (χ2n) is 10.1. The van der Waals surface area contributed by atoms with Gasteiger partial charge in [-0.1, -0.05) is 55.1 Å². The molecule has 6 heteroatoms. The van der Waals surface area contributed by atoms with Crippen molar-refractivity contribution < 1.29 is 24.1 Å². The molecule has 1 saturated heterocycles. The van der Waals surface area contributed by atoms with Crippen LogP contribution in [-0.4, -0.2) is 52.9 Å². The number of rotatable bonds is 11. The maximum atomic E-state index is 14.0. The quantitative estimate of drug-likeness (QED) is 0.313. The third-order valence-electron chi connectivity index (χ3n) is 7.34. The molecule has 1 aliphatic heterocycles. The number of hydrogen-bond acceptors (Lipinski definition) is 4. The van der Waals surface area contributed by atoms with Crippen LogP contribution in [-0.2, 0) is 11.2 Å². The summed E-state index contributed by atoms with van der Waals surface area (Å²) in [5.41, 5.74) is 5.59. The SMILES string of the molecule is C=Cc1cc(F)cc(C[C@@H]2CCCN2CC(O)CO[C@H](C)c2ccccc2-c2ccc(C(=O)O)c(C)c2)c1. The van der Waals surface area contributed by atoms with Crippen LogP contribution in [0, 0.1) is 12.7 Å². The summed E-state index contributed by atoms with van der Waals surface area (Å²) >= 11 is 0. The lowest BCUT2D eigenvalue weighted by Crippen LogP contribution is -2.39. The van der Waals surface area contributed by atoms with Crippen LogP contribution in [0.5, 0.6) is 0 Å². The molecule has 3 aromatic carbocycles. The largest absolute Gasteiger partial charge is 0.478 e. The number of carbonyl (C=O) groups is 1. The smallest absolute Gasteiger partial charge is 0.335 e. The molecule has 3 aromatic rings. The zero-order valence-electron chi connectivity index (χ0n) is 22.1. The first kappa shape index (κ1) is 27.7. The predicted octanol–water partition coefficient (Wildman–Crippen LogP) is 6.29. The third kappa shape index (κ3) is 6.76. The van der Waals surface area contributed by atoms with Gasteiger partial charge in [-0.3, -0.25) is 4.90 Å². The number of benzene rings is 3. The van der Waals surface area contributed by atoms with Crippen molar-refractivity contribution in [2.45, 2.75) is 51.4 Å². The Morgan fingerprint density at radius 3 is 2.74 bits per heavy atom. The number of ether oxygens (including phenoxy) is 1. The highest BCUT2D eigenvalue weighted by Gasteiger charge is 2.27. The van der Waals surface area contributed by atoms with Gasteiger partial charge >= 0.3 is 5.97 Å². The van der Waals surface area contributed by atoms with E-state index in [4.69, 9.17) is 4.74 Å². The Balaban J connectivity index is 1.37.